The van der Waals surface area contributed by atoms with Crippen LogP contribution >= 0.6 is 11.8 Å². The number of rotatable bonds is 5. The third kappa shape index (κ3) is 4.03. The Kier molecular flexibility index (Phi) is 5.00. The van der Waals surface area contributed by atoms with Gasteiger partial charge in [-0.1, -0.05) is 0 Å². The zero-order chi connectivity index (χ0) is 12.0. The minimum atomic E-state index is -0.763. The predicted molar refractivity (Wildman–Crippen MR) is 59.7 cm³/mol. The zero-order valence-corrected chi connectivity index (χ0v) is 9.62. The van der Waals surface area contributed by atoms with E-state index < -0.39 is 18.0 Å². The number of H-pyrrole nitrogens is 1. The molecule has 0 aliphatic heterocycles. The van der Waals surface area contributed by atoms with Crippen molar-refractivity contribution in [2.75, 3.05) is 12.0 Å². The third-order valence-electron chi connectivity index (χ3n) is 1.75. The molecule has 16 heavy (non-hydrogen) atoms. The van der Waals surface area contributed by atoms with E-state index in [1.54, 1.807) is 0 Å². The highest BCUT2D eigenvalue weighted by atomic mass is 32.2. The van der Waals surface area contributed by atoms with Gasteiger partial charge in [0.15, 0.2) is 0 Å². The lowest BCUT2D eigenvalue weighted by molar-refractivity contribution is -0.159. The van der Waals surface area contributed by atoms with Gasteiger partial charge in [0, 0.05) is 17.6 Å². The number of imidazole rings is 1. The van der Waals surface area contributed by atoms with Gasteiger partial charge in [-0.25, -0.2) is 9.78 Å². The van der Waals surface area contributed by atoms with Gasteiger partial charge in [-0.05, 0) is 6.26 Å². The molecule has 1 aromatic rings. The predicted octanol–water partition coefficient (Wildman–Crippen LogP) is -0.288. The van der Waals surface area contributed by atoms with Crippen molar-refractivity contribution in [3.8, 4) is 0 Å². The second kappa shape index (κ2) is 6.29. The molecule has 6 nitrogen and oxygen atoms in total. The Morgan fingerprint density at radius 2 is 2.44 bits per heavy atom. The summed E-state index contributed by atoms with van der Waals surface area (Å²) in [5, 5.41) is 0. The van der Waals surface area contributed by atoms with Crippen LogP contribution in [0.15, 0.2) is 12.5 Å². The molecule has 0 aliphatic carbocycles. The maximum Gasteiger partial charge on any atom is 0.331 e. The van der Waals surface area contributed by atoms with E-state index in [0.29, 0.717) is 11.4 Å². The van der Waals surface area contributed by atoms with Crippen LogP contribution in [0.2, 0.25) is 0 Å². The summed E-state index contributed by atoms with van der Waals surface area (Å²) in [6.07, 6.45) is 4.74. The van der Waals surface area contributed by atoms with Crippen LogP contribution in [-0.4, -0.2) is 40.0 Å². The first-order valence-corrected chi connectivity index (χ1v) is 5.99. The number of hydrogen-bond donors (Lipinski definition) is 2. The number of thioether (sulfide) groups is 1. The molecule has 0 fully saturated rings. The van der Waals surface area contributed by atoms with Crippen LogP contribution in [0, 0.1) is 0 Å². The highest BCUT2D eigenvalue weighted by Gasteiger charge is 2.18. The largest absolute Gasteiger partial charge is 0.392 e. The standard InChI is InChI=1S/C9H13N3O3S/c1-16-4-7(10)9(14)15-8(13)2-6-3-11-5-12-6/h3,5,7H,2,4,10H2,1H3,(H,11,12)/t7-/m0/s1. The van der Waals surface area contributed by atoms with Gasteiger partial charge in [0.2, 0.25) is 0 Å². The van der Waals surface area contributed by atoms with E-state index in [0.717, 1.165) is 0 Å². The summed E-state index contributed by atoms with van der Waals surface area (Å²) >= 11 is 1.42. The highest BCUT2D eigenvalue weighted by molar-refractivity contribution is 7.98. The van der Waals surface area contributed by atoms with Gasteiger partial charge in [0.05, 0.1) is 12.7 Å². The molecule has 1 rings (SSSR count). The molecule has 0 spiro atoms. The smallest absolute Gasteiger partial charge is 0.331 e. The zero-order valence-electron chi connectivity index (χ0n) is 8.80. The third-order valence-corrected chi connectivity index (χ3v) is 2.45. The monoisotopic (exact) mass is 243 g/mol. The van der Waals surface area contributed by atoms with Gasteiger partial charge < -0.3 is 15.5 Å². The van der Waals surface area contributed by atoms with Crippen molar-refractivity contribution < 1.29 is 14.3 Å². The molecule has 1 aromatic heterocycles. The van der Waals surface area contributed by atoms with Gasteiger partial charge in [-0.3, -0.25) is 4.79 Å². The van der Waals surface area contributed by atoms with Crippen molar-refractivity contribution in [2.24, 2.45) is 5.73 Å². The maximum absolute atomic E-state index is 11.3. The van der Waals surface area contributed by atoms with Crippen molar-refractivity contribution in [2.45, 2.75) is 12.5 Å². The Morgan fingerprint density at radius 1 is 1.69 bits per heavy atom. The minimum absolute atomic E-state index is 0.0161. The quantitative estimate of drug-likeness (QED) is 0.545. The Labute approximate surface area is 96.9 Å². The molecule has 0 aliphatic rings. The number of carbonyl (C=O) groups is 2. The van der Waals surface area contributed by atoms with Crippen molar-refractivity contribution in [1.82, 2.24) is 9.97 Å². The summed E-state index contributed by atoms with van der Waals surface area (Å²) in [5.41, 5.74) is 6.08. The molecule has 3 N–H and O–H groups in total. The molecule has 0 aromatic carbocycles. The van der Waals surface area contributed by atoms with E-state index in [4.69, 9.17) is 5.73 Å². The molecule has 7 heteroatoms. The highest BCUT2D eigenvalue weighted by Crippen LogP contribution is 2.00. The van der Waals surface area contributed by atoms with E-state index in [1.807, 2.05) is 6.26 Å². The van der Waals surface area contributed by atoms with Crippen LogP contribution in [0.4, 0.5) is 0 Å². The van der Waals surface area contributed by atoms with Gasteiger partial charge in [0.1, 0.15) is 6.04 Å². The Morgan fingerprint density at radius 3 is 3.00 bits per heavy atom. The number of carbonyl (C=O) groups excluding carboxylic acids is 2. The number of nitrogens with two attached hydrogens (primary N) is 1. The van der Waals surface area contributed by atoms with Gasteiger partial charge >= 0.3 is 11.9 Å². The number of nitrogens with one attached hydrogen (secondary N) is 1. The average molecular weight is 243 g/mol. The fraction of sp³-hybridized carbons (Fsp3) is 0.444. The molecular weight excluding hydrogens is 230 g/mol. The molecule has 1 heterocycles. The lowest BCUT2D eigenvalue weighted by Crippen LogP contribution is -2.36. The molecule has 0 saturated heterocycles. The van der Waals surface area contributed by atoms with Gasteiger partial charge in [-0.15, -0.1) is 0 Å². The topological polar surface area (TPSA) is 98.1 Å². The summed E-state index contributed by atoms with van der Waals surface area (Å²) in [6.45, 7) is 0. The summed E-state index contributed by atoms with van der Waals surface area (Å²) in [4.78, 5) is 29.0. The molecule has 0 unspecified atom stereocenters. The summed E-state index contributed by atoms with van der Waals surface area (Å²) in [7, 11) is 0. The number of aromatic nitrogens is 2. The van der Waals surface area contributed by atoms with E-state index >= 15 is 0 Å². The van der Waals surface area contributed by atoms with Crippen LogP contribution in [0.25, 0.3) is 0 Å². The lowest BCUT2D eigenvalue weighted by Gasteiger charge is -2.07. The first kappa shape index (κ1) is 12.7. The van der Waals surface area contributed by atoms with E-state index in [2.05, 4.69) is 14.7 Å². The number of aromatic amines is 1. The van der Waals surface area contributed by atoms with Crippen LogP contribution in [0.1, 0.15) is 5.69 Å². The Hall–Kier alpha value is -1.34. The van der Waals surface area contributed by atoms with Crippen LogP contribution in [0.5, 0.6) is 0 Å². The second-order valence-electron chi connectivity index (χ2n) is 3.11. The number of nitrogens with zero attached hydrogens (tertiary/aromatic N) is 1. The molecule has 0 radical (unpaired) electrons. The molecular formula is C9H13N3O3S. The number of hydrogen-bond acceptors (Lipinski definition) is 6. The molecule has 88 valence electrons. The fourth-order valence-corrected chi connectivity index (χ4v) is 1.50. The number of ether oxygens (including phenoxy) is 1. The van der Waals surface area contributed by atoms with Crippen LogP contribution < -0.4 is 5.73 Å². The van der Waals surface area contributed by atoms with Crippen molar-refractivity contribution in [3.05, 3.63) is 18.2 Å². The first-order chi connectivity index (χ1) is 7.63. The van der Waals surface area contributed by atoms with Crippen molar-refractivity contribution in [1.29, 1.82) is 0 Å². The minimum Gasteiger partial charge on any atom is -0.392 e. The summed E-state index contributed by atoms with van der Waals surface area (Å²) in [5.74, 6) is -0.902. The lowest BCUT2D eigenvalue weighted by atomic mass is 10.3. The SMILES string of the molecule is CSC[C@H](N)C(=O)OC(=O)Cc1cnc[nH]1. The molecule has 0 amide bonds. The normalized spacial score (nSPS) is 12.1. The van der Waals surface area contributed by atoms with E-state index in [1.165, 1.54) is 24.3 Å². The Bertz CT molecular complexity index is 353. The first-order valence-electron chi connectivity index (χ1n) is 4.59. The van der Waals surface area contributed by atoms with E-state index in [9.17, 15) is 9.59 Å². The second-order valence-corrected chi connectivity index (χ2v) is 4.02. The maximum atomic E-state index is 11.3. The summed E-state index contributed by atoms with van der Waals surface area (Å²) < 4.78 is 4.57. The Balaban J connectivity index is 2.37. The summed E-state index contributed by atoms with van der Waals surface area (Å²) in [6, 6.07) is -0.763. The van der Waals surface area contributed by atoms with E-state index in [-0.39, 0.29) is 6.42 Å². The number of esters is 2. The van der Waals surface area contributed by atoms with Gasteiger partial charge in [0.25, 0.3) is 0 Å². The fourth-order valence-electron chi connectivity index (χ4n) is 1.01. The van der Waals surface area contributed by atoms with Crippen molar-refractivity contribution in [3.63, 3.8) is 0 Å². The van der Waals surface area contributed by atoms with Gasteiger partial charge in [-0.2, -0.15) is 11.8 Å². The van der Waals surface area contributed by atoms with Crippen LogP contribution in [0.3, 0.4) is 0 Å². The van der Waals surface area contributed by atoms with Crippen LogP contribution in [-0.2, 0) is 20.7 Å². The van der Waals surface area contributed by atoms with Crippen molar-refractivity contribution >= 4 is 23.7 Å². The molecule has 0 bridgehead atoms. The average Bonchev–Trinajstić information content (AvgIpc) is 2.70. The molecule has 0 saturated carbocycles. The molecule has 1 atom stereocenters.